The van der Waals surface area contributed by atoms with Gasteiger partial charge in [-0.1, -0.05) is 44.9 Å². The molecule has 0 spiro atoms. The minimum Gasteiger partial charge on any atom is -0.496 e. The molecule has 0 bridgehead atoms. The zero-order valence-corrected chi connectivity index (χ0v) is 14.4. The molecule has 1 unspecified atom stereocenters. The molecule has 1 N–H and O–H groups in total. The molecule has 0 saturated heterocycles. The zero-order valence-electron chi connectivity index (χ0n) is 14.4. The summed E-state index contributed by atoms with van der Waals surface area (Å²) in [5.74, 6) is 0.984. The van der Waals surface area contributed by atoms with Gasteiger partial charge >= 0.3 is 0 Å². The van der Waals surface area contributed by atoms with Crippen molar-refractivity contribution in [2.45, 2.75) is 46.6 Å². The quantitative estimate of drug-likeness (QED) is 0.710. The first kappa shape index (κ1) is 18.0. The van der Waals surface area contributed by atoms with Crippen molar-refractivity contribution < 1.29 is 4.74 Å². The van der Waals surface area contributed by atoms with Crippen molar-refractivity contribution >= 4 is 0 Å². The summed E-state index contributed by atoms with van der Waals surface area (Å²) in [5, 5.41) is 3.62. The number of benzene rings is 1. The van der Waals surface area contributed by atoms with Crippen molar-refractivity contribution in [3.05, 3.63) is 29.3 Å². The Morgan fingerprint density at radius 1 is 1.24 bits per heavy atom. The smallest absolute Gasteiger partial charge is 0.123 e. The van der Waals surface area contributed by atoms with Crippen LogP contribution in [-0.4, -0.2) is 38.2 Å². The number of likely N-dealkylation sites (N-methyl/N-ethyl adjacent to an activating group) is 2. The summed E-state index contributed by atoms with van der Waals surface area (Å²) in [6.45, 7) is 13.1. The second-order valence-electron chi connectivity index (χ2n) is 5.60. The average molecular weight is 292 g/mol. The number of rotatable bonds is 10. The van der Waals surface area contributed by atoms with Crippen LogP contribution < -0.4 is 10.1 Å². The van der Waals surface area contributed by atoms with Crippen LogP contribution in [0.4, 0.5) is 0 Å². The first-order chi connectivity index (χ1) is 10.2. The Labute approximate surface area is 130 Å². The van der Waals surface area contributed by atoms with E-state index in [0.29, 0.717) is 6.04 Å². The number of nitrogens with zero attached hydrogens (tertiary/aromatic N) is 1. The number of hydrogen-bond acceptors (Lipinski definition) is 3. The molecule has 1 aromatic rings. The molecule has 1 aromatic carbocycles. The van der Waals surface area contributed by atoms with Crippen LogP contribution in [0.15, 0.2) is 18.2 Å². The van der Waals surface area contributed by atoms with Crippen molar-refractivity contribution in [3.8, 4) is 5.75 Å². The number of hydrogen-bond donors (Lipinski definition) is 1. The molecule has 21 heavy (non-hydrogen) atoms. The number of aryl methyl sites for hydroxylation is 1. The third-order valence-electron chi connectivity index (χ3n) is 3.93. The van der Waals surface area contributed by atoms with Crippen molar-refractivity contribution in [3.63, 3.8) is 0 Å². The van der Waals surface area contributed by atoms with Gasteiger partial charge in [-0.05, 0) is 39.0 Å². The lowest BCUT2D eigenvalue weighted by atomic mass is 10.0. The number of methoxy groups -OCH3 is 1. The van der Waals surface area contributed by atoms with E-state index in [9.17, 15) is 0 Å². The highest BCUT2D eigenvalue weighted by Crippen LogP contribution is 2.27. The molecule has 1 rings (SSSR count). The minimum absolute atomic E-state index is 0.321. The lowest BCUT2D eigenvalue weighted by Crippen LogP contribution is -2.36. The largest absolute Gasteiger partial charge is 0.496 e. The van der Waals surface area contributed by atoms with Crippen LogP contribution in [0.5, 0.6) is 5.75 Å². The van der Waals surface area contributed by atoms with Crippen LogP contribution in [0.25, 0.3) is 0 Å². The average Bonchev–Trinajstić information content (AvgIpc) is 2.50. The fourth-order valence-corrected chi connectivity index (χ4v) is 2.66. The molecule has 3 heteroatoms. The summed E-state index contributed by atoms with van der Waals surface area (Å²) < 4.78 is 5.57. The monoisotopic (exact) mass is 292 g/mol. The highest BCUT2D eigenvalue weighted by atomic mass is 16.5. The summed E-state index contributed by atoms with van der Waals surface area (Å²) in [6, 6.07) is 6.76. The summed E-state index contributed by atoms with van der Waals surface area (Å²) in [4.78, 5) is 2.53. The molecule has 0 radical (unpaired) electrons. The highest BCUT2D eigenvalue weighted by molar-refractivity contribution is 5.39. The fraction of sp³-hybridized carbons (Fsp3) is 0.667. The minimum atomic E-state index is 0.321. The molecule has 0 aliphatic rings. The first-order valence-electron chi connectivity index (χ1n) is 8.26. The SMILES string of the molecule is CCCCN(CC)CC(NCC)c1cc(C)ccc1OC. The number of nitrogens with one attached hydrogen (secondary N) is 1. The third-order valence-corrected chi connectivity index (χ3v) is 3.93. The van der Waals surface area contributed by atoms with Crippen molar-refractivity contribution in [2.75, 3.05) is 33.3 Å². The zero-order chi connectivity index (χ0) is 15.7. The van der Waals surface area contributed by atoms with Crippen LogP contribution >= 0.6 is 0 Å². The fourth-order valence-electron chi connectivity index (χ4n) is 2.66. The standard InChI is InChI=1S/C18H32N2O/c1-6-9-12-20(8-3)14-17(19-7-2)16-13-15(4)10-11-18(16)21-5/h10-11,13,17,19H,6-9,12,14H2,1-5H3. The second kappa shape index (κ2) is 9.80. The predicted octanol–water partition coefficient (Wildman–Crippen LogP) is 3.78. The van der Waals surface area contributed by atoms with E-state index in [0.717, 1.165) is 25.4 Å². The van der Waals surface area contributed by atoms with E-state index in [4.69, 9.17) is 4.74 Å². The summed E-state index contributed by atoms with van der Waals surface area (Å²) in [5.41, 5.74) is 2.56. The van der Waals surface area contributed by atoms with Gasteiger partial charge in [0.2, 0.25) is 0 Å². The maximum atomic E-state index is 5.57. The highest BCUT2D eigenvalue weighted by Gasteiger charge is 2.18. The molecule has 0 fully saturated rings. The molecular weight excluding hydrogens is 260 g/mol. The molecular formula is C18H32N2O. The van der Waals surface area contributed by atoms with Gasteiger partial charge in [-0.3, -0.25) is 0 Å². The Bertz CT molecular complexity index is 406. The Morgan fingerprint density at radius 2 is 2.00 bits per heavy atom. The molecule has 1 atom stereocenters. The van der Waals surface area contributed by atoms with E-state index in [1.807, 2.05) is 0 Å². The first-order valence-corrected chi connectivity index (χ1v) is 8.26. The third kappa shape index (κ3) is 5.68. The van der Waals surface area contributed by atoms with Crippen LogP contribution in [-0.2, 0) is 0 Å². The molecule has 3 nitrogen and oxygen atoms in total. The maximum absolute atomic E-state index is 5.57. The topological polar surface area (TPSA) is 24.5 Å². The van der Waals surface area contributed by atoms with Crippen molar-refractivity contribution in [2.24, 2.45) is 0 Å². The van der Waals surface area contributed by atoms with Crippen LogP contribution in [0.2, 0.25) is 0 Å². The Balaban J connectivity index is 2.91. The van der Waals surface area contributed by atoms with Crippen LogP contribution in [0.3, 0.4) is 0 Å². The van der Waals surface area contributed by atoms with Gasteiger partial charge in [0, 0.05) is 18.2 Å². The van der Waals surface area contributed by atoms with Gasteiger partial charge in [0.25, 0.3) is 0 Å². The van der Waals surface area contributed by atoms with E-state index in [-0.39, 0.29) is 0 Å². The van der Waals surface area contributed by atoms with Crippen LogP contribution in [0, 0.1) is 6.92 Å². The maximum Gasteiger partial charge on any atom is 0.123 e. The van der Waals surface area contributed by atoms with Gasteiger partial charge in [0.1, 0.15) is 5.75 Å². The number of unbranched alkanes of at least 4 members (excludes halogenated alkanes) is 1. The Kier molecular flexibility index (Phi) is 8.40. The van der Waals surface area contributed by atoms with Crippen molar-refractivity contribution in [1.82, 2.24) is 10.2 Å². The predicted molar refractivity (Wildman–Crippen MR) is 91.2 cm³/mol. The lowest BCUT2D eigenvalue weighted by molar-refractivity contribution is 0.248. The Hall–Kier alpha value is -1.06. The lowest BCUT2D eigenvalue weighted by Gasteiger charge is -2.28. The summed E-state index contributed by atoms with van der Waals surface area (Å²) in [6.07, 6.45) is 2.51. The summed E-state index contributed by atoms with van der Waals surface area (Å²) in [7, 11) is 1.76. The molecule has 0 aliphatic carbocycles. The molecule has 0 heterocycles. The van der Waals surface area contributed by atoms with E-state index in [2.05, 4.69) is 56.1 Å². The van der Waals surface area contributed by atoms with Gasteiger partial charge < -0.3 is 15.0 Å². The molecule has 120 valence electrons. The number of ether oxygens (including phenoxy) is 1. The van der Waals surface area contributed by atoms with Gasteiger partial charge in [0.15, 0.2) is 0 Å². The van der Waals surface area contributed by atoms with E-state index in [1.165, 1.54) is 30.5 Å². The van der Waals surface area contributed by atoms with Gasteiger partial charge in [-0.25, -0.2) is 0 Å². The van der Waals surface area contributed by atoms with Gasteiger partial charge in [-0.2, -0.15) is 0 Å². The molecule has 0 aliphatic heterocycles. The van der Waals surface area contributed by atoms with Crippen LogP contribution in [0.1, 0.15) is 50.8 Å². The molecule has 0 amide bonds. The Morgan fingerprint density at radius 3 is 2.57 bits per heavy atom. The second-order valence-corrected chi connectivity index (χ2v) is 5.60. The van der Waals surface area contributed by atoms with E-state index in [1.54, 1.807) is 7.11 Å². The molecule has 0 aromatic heterocycles. The molecule has 0 saturated carbocycles. The van der Waals surface area contributed by atoms with Crippen molar-refractivity contribution in [1.29, 1.82) is 0 Å². The van der Waals surface area contributed by atoms with E-state index >= 15 is 0 Å². The van der Waals surface area contributed by atoms with Gasteiger partial charge in [-0.15, -0.1) is 0 Å². The normalized spacial score (nSPS) is 12.7. The summed E-state index contributed by atoms with van der Waals surface area (Å²) >= 11 is 0. The van der Waals surface area contributed by atoms with E-state index < -0.39 is 0 Å². The van der Waals surface area contributed by atoms with Gasteiger partial charge in [0.05, 0.1) is 7.11 Å².